The number of rotatable bonds is 5. The lowest BCUT2D eigenvalue weighted by Gasteiger charge is -2.38. The first-order chi connectivity index (χ1) is 16.8. The van der Waals surface area contributed by atoms with Gasteiger partial charge in [-0.1, -0.05) is 0 Å². The van der Waals surface area contributed by atoms with Crippen molar-refractivity contribution < 1.29 is 36.3 Å². The molecule has 0 spiro atoms. The molecule has 0 aliphatic carbocycles. The Kier molecular flexibility index (Phi) is 8.14. The molecule has 4 N–H and O–H groups in total. The number of ether oxygens (including phenoxy) is 1. The fourth-order valence-corrected chi connectivity index (χ4v) is 4.52. The van der Waals surface area contributed by atoms with Crippen LogP contribution in [0.15, 0.2) is 30.3 Å². The van der Waals surface area contributed by atoms with E-state index in [2.05, 4.69) is 5.32 Å². The highest BCUT2D eigenvalue weighted by atomic mass is 32.2. The normalized spacial score (nSPS) is 15.4. The number of anilines is 3. The molecule has 13 heteroatoms. The van der Waals surface area contributed by atoms with Crippen molar-refractivity contribution >= 4 is 40.3 Å². The van der Waals surface area contributed by atoms with Crippen LogP contribution in [0.3, 0.4) is 0 Å². The fraction of sp³-hybridized carbons (Fsp3) is 0.391. The van der Waals surface area contributed by atoms with E-state index in [9.17, 15) is 31.5 Å². The SMILES string of the molecule is CC(C)(C)OC(=O)N1CCC(N(c2cc(C(=O)Nc3cc(F)c(F)c(F)c3)ccc2N)S(=O)O)CC1. The van der Waals surface area contributed by atoms with E-state index in [0.717, 1.165) is 4.31 Å². The number of nitrogen functional groups attached to an aromatic ring is 1. The third-order valence-corrected chi connectivity index (χ3v) is 6.22. The van der Waals surface area contributed by atoms with E-state index in [1.165, 1.54) is 23.1 Å². The second kappa shape index (κ2) is 10.7. The Hall–Kier alpha value is -3.32. The first-order valence-electron chi connectivity index (χ1n) is 11.0. The summed E-state index contributed by atoms with van der Waals surface area (Å²) in [4.78, 5) is 26.5. The molecule has 1 unspecified atom stereocenters. The van der Waals surface area contributed by atoms with Gasteiger partial charge >= 0.3 is 6.09 Å². The summed E-state index contributed by atoms with van der Waals surface area (Å²) in [5.41, 5.74) is 5.26. The molecule has 36 heavy (non-hydrogen) atoms. The highest BCUT2D eigenvalue weighted by Gasteiger charge is 2.33. The maximum Gasteiger partial charge on any atom is 0.410 e. The zero-order chi connectivity index (χ0) is 26.8. The Bertz CT molecular complexity index is 1160. The minimum Gasteiger partial charge on any atom is -0.444 e. The summed E-state index contributed by atoms with van der Waals surface area (Å²) < 4.78 is 69.0. The molecule has 1 atom stereocenters. The van der Waals surface area contributed by atoms with Gasteiger partial charge < -0.3 is 20.7 Å². The maximum atomic E-state index is 13.5. The number of benzene rings is 2. The van der Waals surface area contributed by atoms with Crippen LogP contribution < -0.4 is 15.4 Å². The van der Waals surface area contributed by atoms with Crippen LogP contribution >= 0.6 is 0 Å². The number of piperidine rings is 1. The standard InChI is InChI=1S/C23H27F3N4O5S/c1-23(2,3)35-22(32)29-8-6-15(7-9-29)30(36(33)34)19-10-13(4-5-18(19)27)21(31)28-14-11-16(24)20(26)17(25)12-14/h4-5,10-12,15H,6-9,27H2,1-3H3,(H,28,31)(H,33,34). The molecule has 2 aromatic rings. The maximum absolute atomic E-state index is 13.5. The van der Waals surface area contributed by atoms with Crippen LogP contribution in [0.25, 0.3) is 0 Å². The van der Waals surface area contributed by atoms with Gasteiger partial charge in [0, 0.05) is 42.5 Å². The van der Waals surface area contributed by atoms with Crippen LogP contribution in [0.5, 0.6) is 0 Å². The number of nitrogens with zero attached hydrogens (tertiary/aromatic N) is 2. The van der Waals surface area contributed by atoms with Gasteiger partial charge in [0.15, 0.2) is 17.5 Å². The lowest BCUT2D eigenvalue weighted by atomic mass is 10.0. The summed E-state index contributed by atoms with van der Waals surface area (Å²) in [5.74, 6) is -5.41. The molecule has 3 rings (SSSR count). The van der Waals surface area contributed by atoms with Crippen molar-refractivity contribution in [1.82, 2.24) is 4.90 Å². The average Bonchev–Trinajstić information content (AvgIpc) is 2.77. The van der Waals surface area contributed by atoms with E-state index in [0.29, 0.717) is 25.0 Å². The number of hydrogen-bond acceptors (Lipinski definition) is 5. The Labute approximate surface area is 208 Å². The predicted molar refractivity (Wildman–Crippen MR) is 129 cm³/mol. The van der Waals surface area contributed by atoms with Crippen LogP contribution in [0.1, 0.15) is 44.0 Å². The molecule has 0 bridgehead atoms. The molecule has 1 fully saturated rings. The molecule has 0 radical (unpaired) electrons. The molecule has 1 aliphatic rings. The first-order valence-corrected chi connectivity index (χ1v) is 12.1. The zero-order valence-corrected chi connectivity index (χ0v) is 20.7. The van der Waals surface area contributed by atoms with Crippen LogP contribution in [0.2, 0.25) is 0 Å². The topological polar surface area (TPSA) is 125 Å². The lowest BCUT2D eigenvalue weighted by molar-refractivity contribution is 0.0207. The average molecular weight is 529 g/mol. The fourth-order valence-electron chi connectivity index (χ4n) is 3.72. The Morgan fingerprint density at radius 1 is 1.14 bits per heavy atom. The van der Waals surface area contributed by atoms with E-state index in [1.807, 2.05) is 0 Å². The number of likely N-dealkylation sites (tertiary alicyclic amines) is 1. The van der Waals surface area contributed by atoms with Crippen molar-refractivity contribution in [2.45, 2.75) is 45.3 Å². The molecular formula is C23H27F3N4O5S. The molecule has 2 amide bonds. The van der Waals surface area contributed by atoms with Crippen molar-refractivity contribution in [3.8, 4) is 0 Å². The second-order valence-electron chi connectivity index (χ2n) is 9.24. The van der Waals surface area contributed by atoms with Gasteiger partial charge in [-0.25, -0.2) is 22.2 Å². The van der Waals surface area contributed by atoms with Crippen molar-refractivity contribution in [3.05, 3.63) is 53.3 Å². The Balaban J connectivity index is 1.79. The number of nitrogens with one attached hydrogen (secondary N) is 1. The van der Waals surface area contributed by atoms with E-state index >= 15 is 0 Å². The third-order valence-electron chi connectivity index (χ3n) is 5.39. The first kappa shape index (κ1) is 27.3. The van der Waals surface area contributed by atoms with Crippen LogP contribution in [0, 0.1) is 17.5 Å². The molecule has 196 valence electrons. The van der Waals surface area contributed by atoms with E-state index in [4.69, 9.17) is 10.5 Å². The van der Waals surface area contributed by atoms with Gasteiger partial charge in [-0.2, -0.15) is 0 Å². The van der Waals surface area contributed by atoms with Crippen molar-refractivity contribution in [1.29, 1.82) is 0 Å². The van der Waals surface area contributed by atoms with Gasteiger partial charge in [-0.15, -0.1) is 0 Å². The number of nitrogens with two attached hydrogens (primary N) is 1. The van der Waals surface area contributed by atoms with Crippen molar-refractivity contribution in [2.75, 3.05) is 28.4 Å². The third kappa shape index (κ3) is 6.46. The predicted octanol–water partition coefficient (Wildman–Crippen LogP) is 4.28. The van der Waals surface area contributed by atoms with Gasteiger partial charge in [0.05, 0.1) is 11.4 Å². The summed E-state index contributed by atoms with van der Waals surface area (Å²) in [6, 6.07) is 4.72. The lowest BCUT2D eigenvalue weighted by Crippen LogP contribution is -2.48. The summed E-state index contributed by atoms with van der Waals surface area (Å²) >= 11 is -2.52. The summed E-state index contributed by atoms with van der Waals surface area (Å²) in [5, 5.41) is 2.26. The molecule has 0 saturated carbocycles. The minimum atomic E-state index is -2.52. The molecule has 0 aromatic heterocycles. The molecular weight excluding hydrogens is 501 g/mol. The van der Waals surface area contributed by atoms with E-state index in [1.54, 1.807) is 20.8 Å². The van der Waals surface area contributed by atoms with Gasteiger partial charge in [-0.05, 0) is 51.8 Å². The molecule has 1 saturated heterocycles. The van der Waals surface area contributed by atoms with Gasteiger partial charge in [0.25, 0.3) is 17.2 Å². The minimum absolute atomic E-state index is 0.0222. The number of amides is 2. The smallest absolute Gasteiger partial charge is 0.410 e. The number of hydrogen-bond donors (Lipinski definition) is 3. The molecule has 1 aliphatic heterocycles. The van der Waals surface area contributed by atoms with Crippen LogP contribution in [-0.4, -0.2) is 50.4 Å². The van der Waals surface area contributed by atoms with Crippen molar-refractivity contribution in [3.63, 3.8) is 0 Å². The Morgan fingerprint density at radius 2 is 1.72 bits per heavy atom. The van der Waals surface area contributed by atoms with Gasteiger partial charge in [0.1, 0.15) is 5.60 Å². The van der Waals surface area contributed by atoms with Crippen LogP contribution in [-0.2, 0) is 16.0 Å². The number of halogens is 3. The number of carbonyl (C=O) groups is 2. The Morgan fingerprint density at radius 3 is 2.25 bits per heavy atom. The van der Waals surface area contributed by atoms with E-state index < -0.39 is 52.4 Å². The summed E-state index contributed by atoms with van der Waals surface area (Å²) in [6.45, 7) is 5.81. The van der Waals surface area contributed by atoms with Gasteiger partial charge in [0.2, 0.25) is 0 Å². The number of carbonyl (C=O) groups excluding carboxylic acids is 2. The van der Waals surface area contributed by atoms with Gasteiger partial charge in [-0.3, -0.25) is 13.7 Å². The molecule has 9 nitrogen and oxygen atoms in total. The quantitative estimate of drug-likeness (QED) is 0.302. The summed E-state index contributed by atoms with van der Waals surface area (Å²) in [6.07, 6.45) is 0.176. The van der Waals surface area contributed by atoms with Crippen LogP contribution in [0.4, 0.5) is 35.0 Å². The largest absolute Gasteiger partial charge is 0.444 e. The zero-order valence-electron chi connectivity index (χ0n) is 19.9. The second-order valence-corrected chi connectivity index (χ2v) is 10.1. The highest BCUT2D eigenvalue weighted by Crippen LogP contribution is 2.32. The summed E-state index contributed by atoms with van der Waals surface area (Å²) in [7, 11) is 0. The van der Waals surface area contributed by atoms with Crippen molar-refractivity contribution in [2.24, 2.45) is 0 Å². The highest BCUT2D eigenvalue weighted by molar-refractivity contribution is 7.80. The van der Waals surface area contributed by atoms with E-state index in [-0.39, 0.29) is 35.7 Å². The monoisotopic (exact) mass is 528 g/mol. The molecule has 2 aromatic carbocycles. The molecule has 1 heterocycles.